The fourth-order valence-electron chi connectivity index (χ4n) is 7.34. The number of fused-ring (bicyclic) bond motifs is 3. The lowest BCUT2D eigenvalue weighted by atomic mass is 9.83. The summed E-state index contributed by atoms with van der Waals surface area (Å²) in [6.45, 7) is 4.59. The van der Waals surface area contributed by atoms with E-state index in [9.17, 15) is 32.7 Å². The number of rotatable bonds is 7. The first-order valence-electron chi connectivity index (χ1n) is 17.3. The van der Waals surface area contributed by atoms with E-state index in [2.05, 4.69) is 20.4 Å². The number of hydrogen-bond acceptors (Lipinski definition) is 10. The molecular formula is C36H34F3N9O5. The number of piperazine rings is 1. The SMILES string of the molecule is CCc1c(N2CCN(C(=O)c3ncnc(C)c3O)CC2)c(=O)n2nc(-c3ccc4c(c3)CCO4)nc2n1CC(=O)Nc1ccc(C(F)(F)F)c2c1CC2. The van der Waals surface area contributed by atoms with E-state index in [0.717, 1.165) is 17.4 Å². The zero-order valence-corrected chi connectivity index (χ0v) is 28.8. The third kappa shape index (κ3) is 5.89. The second-order valence-corrected chi connectivity index (χ2v) is 13.2. The Labute approximate surface area is 299 Å². The minimum Gasteiger partial charge on any atom is -0.504 e. The van der Waals surface area contributed by atoms with Crippen LogP contribution in [0.2, 0.25) is 0 Å². The summed E-state index contributed by atoms with van der Waals surface area (Å²) in [5, 5.41) is 17.8. The molecule has 2 aromatic carbocycles. The Morgan fingerprint density at radius 1 is 1.02 bits per heavy atom. The molecule has 1 saturated heterocycles. The van der Waals surface area contributed by atoms with Crippen molar-refractivity contribution in [2.24, 2.45) is 0 Å². The number of halogens is 3. The van der Waals surface area contributed by atoms with Crippen LogP contribution in [0, 0.1) is 6.92 Å². The number of nitrogens with one attached hydrogen (secondary N) is 1. The molecule has 3 aromatic heterocycles. The average molecular weight is 730 g/mol. The van der Waals surface area contributed by atoms with Gasteiger partial charge in [0, 0.05) is 43.9 Å². The van der Waals surface area contributed by atoms with Gasteiger partial charge in [0.15, 0.2) is 17.3 Å². The Kier molecular flexibility index (Phi) is 8.30. The lowest BCUT2D eigenvalue weighted by Gasteiger charge is -2.36. The van der Waals surface area contributed by atoms with E-state index >= 15 is 0 Å². The third-order valence-electron chi connectivity index (χ3n) is 10.1. The minimum absolute atomic E-state index is 0.105. The van der Waals surface area contributed by atoms with Crippen molar-refractivity contribution in [2.45, 2.75) is 52.3 Å². The number of alkyl halides is 3. The van der Waals surface area contributed by atoms with Gasteiger partial charge in [-0.15, -0.1) is 5.10 Å². The van der Waals surface area contributed by atoms with E-state index in [4.69, 9.17) is 9.72 Å². The number of nitrogens with zero attached hydrogens (tertiary/aromatic N) is 8. The van der Waals surface area contributed by atoms with E-state index in [1.54, 1.807) is 22.5 Å². The van der Waals surface area contributed by atoms with Crippen molar-refractivity contribution in [1.82, 2.24) is 34.0 Å². The van der Waals surface area contributed by atoms with Crippen LogP contribution in [0.25, 0.3) is 17.2 Å². The predicted molar refractivity (Wildman–Crippen MR) is 185 cm³/mol. The summed E-state index contributed by atoms with van der Waals surface area (Å²) in [4.78, 5) is 57.4. The second kappa shape index (κ2) is 12.9. The highest BCUT2D eigenvalue weighted by molar-refractivity contribution is 5.95. The van der Waals surface area contributed by atoms with Gasteiger partial charge in [0.1, 0.15) is 24.3 Å². The Bertz CT molecular complexity index is 2380. The first-order valence-corrected chi connectivity index (χ1v) is 17.3. The summed E-state index contributed by atoms with van der Waals surface area (Å²) in [5.74, 6) is -0.104. The molecular weight excluding hydrogens is 695 g/mol. The number of carbonyl (C=O) groups excluding carboxylic acids is 2. The molecule has 0 atom stereocenters. The monoisotopic (exact) mass is 729 g/mol. The van der Waals surface area contributed by atoms with E-state index in [1.807, 2.05) is 24.0 Å². The van der Waals surface area contributed by atoms with Crippen molar-refractivity contribution in [3.63, 3.8) is 0 Å². The van der Waals surface area contributed by atoms with Crippen LogP contribution >= 0.6 is 0 Å². The van der Waals surface area contributed by atoms with Crippen LogP contribution in [0.5, 0.6) is 11.5 Å². The maximum absolute atomic E-state index is 14.4. The highest BCUT2D eigenvalue weighted by atomic mass is 19.4. The molecule has 0 bridgehead atoms. The first kappa shape index (κ1) is 34.1. The van der Waals surface area contributed by atoms with Gasteiger partial charge in [-0.2, -0.15) is 22.7 Å². The fraction of sp³-hybridized carbons (Fsp3) is 0.361. The molecule has 2 aliphatic heterocycles. The molecule has 17 heteroatoms. The third-order valence-corrected chi connectivity index (χ3v) is 10.1. The number of hydrogen-bond donors (Lipinski definition) is 2. The van der Waals surface area contributed by atoms with Crippen molar-refractivity contribution >= 4 is 29.0 Å². The predicted octanol–water partition coefficient (Wildman–Crippen LogP) is 3.58. The van der Waals surface area contributed by atoms with Crippen molar-refractivity contribution < 1.29 is 32.6 Å². The van der Waals surface area contributed by atoms with Crippen molar-refractivity contribution in [3.8, 4) is 22.9 Å². The molecule has 5 aromatic rings. The first-order chi connectivity index (χ1) is 25.4. The summed E-state index contributed by atoms with van der Waals surface area (Å²) in [6, 6.07) is 7.81. The molecule has 1 fully saturated rings. The number of benzene rings is 2. The molecule has 5 heterocycles. The zero-order valence-electron chi connectivity index (χ0n) is 28.8. The van der Waals surface area contributed by atoms with Gasteiger partial charge < -0.3 is 29.5 Å². The summed E-state index contributed by atoms with van der Waals surface area (Å²) in [5.41, 5.74) is 2.41. The van der Waals surface area contributed by atoms with Crippen molar-refractivity contribution in [2.75, 3.05) is 43.0 Å². The molecule has 0 radical (unpaired) electrons. The van der Waals surface area contributed by atoms with Gasteiger partial charge in [-0.1, -0.05) is 6.92 Å². The molecule has 53 heavy (non-hydrogen) atoms. The minimum atomic E-state index is -4.49. The second-order valence-electron chi connectivity index (χ2n) is 13.2. The maximum atomic E-state index is 14.4. The Hall–Kier alpha value is -6.00. The van der Waals surface area contributed by atoms with Crippen molar-refractivity contribution in [1.29, 1.82) is 0 Å². The van der Waals surface area contributed by atoms with Crippen LogP contribution in [0.3, 0.4) is 0 Å². The van der Waals surface area contributed by atoms with Gasteiger partial charge >= 0.3 is 6.18 Å². The van der Waals surface area contributed by atoms with E-state index in [0.29, 0.717) is 48.4 Å². The molecule has 0 saturated carbocycles. The number of anilines is 2. The van der Waals surface area contributed by atoms with Crippen LogP contribution in [0.15, 0.2) is 41.5 Å². The molecule has 0 spiro atoms. The molecule has 8 rings (SSSR count). The van der Waals surface area contributed by atoms with E-state index in [-0.39, 0.29) is 79.1 Å². The highest BCUT2D eigenvalue weighted by Gasteiger charge is 2.37. The normalized spacial score (nSPS) is 15.2. The lowest BCUT2D eigenvalue weighted by Crippen LogP contribution is -2.51. The van der Waals surface area contributed by atoms with Gasteiger partial charge in [-0.3, -0.25) is 14.4 Å². The maximum Gasteiger partial charge on any atom is 0.416 e. The number of aryl methyl sites for hydroxylation is 1. The number of aromatic hydroxyl groups is 1. The summed E-state index contributed by atoms with van der Waals surface area (Å²) in [6.07, 6.45) is -1.57. The van der Waals surface area contributed by atoms with E-state index < -0.39 is 29.1 Å². The molecule has 3 aliphatic rings. The summed E-state index contributed by atoms with van der Waals surface area (Å²) in [7, 11) is 0. The number of amides is 2. The van der Waals surface area contributed by atoms with E-state index in [1.165, 1.54) is 16.9 Å². The standard InChI is InChI=1S/C36H34F3N9O5/c1-3-26-30(45-11-13-46(14-12-45)33(51)29-31(50)19(2)40-18-41-29)34(52)48-35(43-32(44-48)21-4-9-27-20(16-21)10-15-53-27)47(26)17-28(49)42-25-8-7-24(36(37,38)39)22-5-6-23(22)25/h4,7-9,16,18,50H,3,5-6,10-15,17H2,1-2H3,(H,42,49). The smallest absolute Gasteiger partial charge is 0.416 e. The molecule has 2 N–H and O–H groups in total. The zero-order chi connectivity index (χ0) is 37.2. The molecule has 274 valence electrons. The van der Waals surface area contributed by atoms with Gasteiger partial charge in [-0.25, -0.2) is 9.97 Å². The van der Waals surface area contributed by atoms with Gasteiger partial charge in [0.2, 0.25) is 11.7 Å². The largest absolute Gasteiger partial charge is 0.504 e. The summed E-state index contributed by atoms with van der Waals surface area (Å²) < 4.78 is 49.2. The van der Waals surface area contributed by atoms with Crippen LogP contribution in [0.1, 0.15) is 51.1 Å². The summed E-state index contributed by atoms with van der Waals surface area (Å²) >= 11 is 0. The Morgan fingerprint density at radius 3 is 2.51 bits per heavy atom. The van der Waals surface area contributed by atoms with Crippen molar-refractivity contribution in [3.05, 3.63) is 86.3 Å². The van der Waals surface area contributed by atoms with Crippen LogP contribution in [0.4, 0.5) is 24.5 Å². The van der Waals surface area contributed by atoms with Gasteiger partial charge in [0.05, 0.1) is 23.6 Å². The molecule has 1 aliphatic carbocycles. The molecule has 0 unspecified atom stereocenters. The van der Waals surface area contributed by atoms with Crippen LogP contribution < -0.4 is 20.5 Å². The fourth-order valence-corrected chi connectivity index (χ4v) is 7.34. The highest BCUT2D eigenvalue weighted by Crippen LogP contribution is 2.41. The lowest BCUT2D eigenvalue weighted by molar-refractivity contribution is -0.138. The van der Waals surface area contributed by atoms with Crippen LogP contribution in [-0.2, 0) is 43.2 Å². The quantitative estimate of drug-likeness (QED) is 0.254. The number of carbonyl (C=O) groups is 2. The average Bonchev–Trinajstić information content (AvgIpc) is 3.78. The molecule has 14 nitrogen and oxygen atoms in total. The Morgan fingerprint density at radius 2 is 1.79 bits per heavy atom. The van der Waals surface area contributed by atoms with Crippen LogP contribution in [-0.4, -0.2) is 83.7 Å². The van der Waals surface area contributed by atoms with Gasteiger partial charge in [0.25, 0.3) is 11.5 Å². The van der Waals surface area contributed by atoms with Gasteiger partial charge in [-0.05, 0) is 73.2 Å². The topological polar surface area (TPSA) is 160 Å². The Balaban J connectivity index is 1.15. The number of ether oxygens (including phenoxy) is 1. The molecule has 2 amide bonds. The number of aromatic nitrogens is 6.